The number of hydrogen-bond donors (Lipinski definition) is 1. The zero-order valence-corrected chi connectivity index (χ0v) is 13.1. The van der Waals surface area contributed by atoms with Gasteiger partial charge in [0.2, 0.25) is 0 Å². The quantitative estimate of drug-likeness (QED) is 0.898. The Morgan fingerprint density at radius 3 is 2.38 bits per heavy atom. The van der Waals surface area contributed by atoms with Crippen molar-refractivity contribution in [3.63, 3.8) is 0 Å². The number of aryl methyl sites for hydroxylation is 1. The van der Waals surface area contributed by atoms with Gasteiger partial charge in [-0.05, 0) is 36.2 Å². The Morgan fingerprint density at radius 2 is 1.86 bits per heavy atom. The molecule has 2 aromatic rings. The van der Waals surface area contributed by atoms with Gasteiger partial charge >= 0.3 is 0 Å². The van der Waals surface area contributed by atoms with Crippen molar-refractivity contribution >= 4 is 17.3 Å². The summed E-state index contributed by atoms with van der Waals surface area (Å²) in [6.45, 7) is 2.44. The first kappa shape index (κ1) is 15.8. The van der Waals surface area contributed by atoms with E-state index in [1.54, 1.807) is 12.1 Å². The maximum atomic E-state index is 14.1. The largest absolute Gasteiger partial charge is 0.366 e. The van der Waals surface area contributed by atoms with E-state index in [4.69, 9.17) is 17.3 Å². The fourth-order valence-corrected chi connectivity index (χ4v) is 2.57. The van der Waals surface area contributed by atoms with E-state index in [1.807, 2.05) is 24.1 Å². The van der Waals surface area contributed by atoms with Crippen LogP contribution in [-0.4, -0.2) is 13.6 Å². The predicted molar refractivity (Wildman–Crippen MR) is 87.4 cm³/mol. The molecular weight excluding hydrogens is 287 g/mol. The summed E-state index contributed by atoms with van der Waals surface area (Å²) >= 11 is 5.81. The maximum absolute atomic E-state index is 14.1. The lowest BCUT2D eigenvalue weighted by Crippen LogP contribution is -2.31. The van der Waals surface area contributed by atoms with Crippen LogP contribution >= 0.6 is 11.6 Å². The summed E-state index contributed by atoms with van der Waals surface area (Å²) in [5, 5.41) is 0.391. The summed E-state index contributed by atoms with van der Waals surface area (Å²) < 4.78 is 14.1. The van der Waals surface area contributed by atoms with Crippen LogP contribution < -0.4 is 10.6 Å². The van der Waals surface area contributed by atoms with Gasteiger partial charge in [0.05, 0.1) is 6.04 Å². The Bertz CT molecular complexity index is 598. The molecule has 112 valence electrons. The monoisotopic (exact) mass is 306 g/mol. The molecule has 2 nitrogen and oxygen atoms in total. The van der Waals surface area contributed by atoms with Gasteiger partial charge < -0.3 is 10.6 Å². The van der Waals surface area contributed by atoms with Crippen molar-refractivity contribution in [2.24, 2.45) is 5.73 Å². The molecule has 4 heteroatoms. The van der Waals surface area contributed by atoms with Gasteiger partial charge in [0.15, 0.2) is 0 Å². The number of rotatable bonds is 5. The standard InChI is InChI=1S/C17H20ClFN2/c1-3-12-4-7-14(8-5-12)21(2)17(11-20)15-9-6-13(18)10-16(15)19/h4-10,17H,3,11,20H2,1-2H3. The molecule has 0 aliphatic heterocycles. The highest BCUT2D eigenvalue weighted by Crippen LogP contribution is 2.28. The highest BCUT2D eigenvalue weighted by Gasteiger charge is 2.19. The molecule has 0 aliphatic carbocycles. The normalized spacial score (nSPS) is 12.2. The average Bonchev–Trinajstić information content (AvgIpc) is 2.50. The molecule has 2 rings (SSSR count). The Morgan fingerprint density at radius 1 is 1.19 bits per heavy atom. The van der Waals surface area contributed by atoms with E-state index in [2.05, 4.69) is 19.1 Å². The van der Waals surface area contributed by atoms with Gasteiger partial charge in [-0.15, -0.1) is 0 Å². The third-order valence-corrected chi connectivity index (χ3v) is 4.00. The van der Waals surface area contributed by atoms with E-state index in [0.29, 0.717) is 17.1 Å². The molecule has 0 bridgehead atoms. The molecule has 0 radical (unpaired) electrons. The smallest absolute Gasteiger partial charge is 0.130 e. The topological polar surface area (TPSA) is 29.3 Å². The molecule has 21 heavy (non-hydrogen) atoms. The van der Waals surface area contributed by atoms with Crippen molar-refractivity contribution in [2.45, 2.75) is 19.4 Å². The minimum Gasteiger partial charge on any atom is -0.366 e. The summed E-state index contributed by atoms with van der Waals surface area (Å²) in [7, 11) is 1.92. The van der Waals surface area contributed by atoms with Crippen LogP contribution in [0, 0.1) is 5.82 Å². The Labute approximate surface area is 130 Å². The van der Waals surface area contributed by atoms with Crippen LogP contribution in [0.15, 0.2) is 42.5 Å². The molecule has 0 heterocycles. The molecule has 1 unspecified atom stereocenters. The van der Waals surface area contributed by atoms with Crippen molar-refractivity contribution in [1.29, 1.82) is 0 Å². The van der Waals surface area contributed by atoms with Crippen LogP contribution in [0.4, 0.5) is 10.1 Å². The lowest BCUT2D eigenvalue weighted by atomic mass is 10.0. The summed E-state index contributed by atoms with van der Waals surface area (Å²) in [6, 6.07) is 12.7. The van der Waals surface area contributed by atoms with Gasteiger partial charge in [0.25, 0.3) is 0 Å². The second-order valence-electron chi connectivity index (χ2n) is 5.05. The number of halogens is 2. The molecule has 0 aromatic heterocycles. The van der Waals surface area contributed by atoms with Crippen molar-refractivity contribution in [2.75, 3.05) is 18.5 Å². The van der Waals surface area contributed by atoms with Gasteiger partial charge in [-0.25, -0.2) is 4.39 Å². The first-order valence-electron chi connectivity index (χ1n) is 7.03. The molecule has 2 N–H and O–H groups in total. The molecule has 0 fully saturated rings. The Balaban J connectivity index is 2.30. The summed E-state index contributed by atoms with van der Waals surface area (Å²) in [5.41, 5.74) is 8.71. The summed E-state index contributed by atoms with van der Waals surface area (Å²) in [4.78, 5) is 1.99. The van der Waals surface area contributed by atoms with Gasteiger partial charge in [-0.3, -0.25) is 0 Å². The predicted octanol–water partition coefficient (Wildman–Crippen LogP) is 4.18. The van der Waals surface area contributed by atoms with Crippen molar-refractivity contribution in [3.05, 3.63) is 64.4 Å². The number of benzene rings is 2. The zero-order chi connectivity index (χ0) is 15.4. The summed E-state index contributed by atoms with van der Waals surface area (Å²) in [5.74, 6) is -0.324. The molecule has 0 saturated carbocycles. The molecule has 0 aliphatic rings. The van der Waals surface area contributed by atoms with Crippen LogP contribution in [0.5, 0.6) is 0 Å². The molecule has 0 spiro atoms. The SMILES string of the molecule is CCc1ccc(N(C)C(CN)c2ccc(Cl)cc2F)cc1. The van der Waals surface area contributed by atoms with E-state index in [9.17, 15) is 4.39 Å². The van der Waals surface area contributed by atoms with Crippen LogP contribution in [0.1, 0.15) is 24.1 Å². The van der Waals surface area contributed by atoms with Crippen LogP contribution in [0.2, 0.25) is 5.02 Å². The first-order chi connectivity index (χ1) is 10.1. The molecule has 1 atom stereocenters. The van der Waals surface area contributed by atoms with Gasteiger partial charge in [-0.1, -0.05) is 36.7 Å². The number of hydrogen-bond acceptors (Lipinski definition) is 2. The van der Waals surface area contributed by atoms with Crippen LogP contribution in [0.3, 0.4) is 0 Å². The third kappa shape index (κ3) is 3.55. The minimum absolute atomic E-state index is 0.227. The van der Waals surface area contributed by atoms with Crippen LogP contribution in [-0.2, 0) is 6.42 Å². The van der Waals surface area contributed by atoms with Gasteiger partial charge in [0.1, 0.15) is 5.82 Å². The molecule has 2 aromatic carbocycles. The number of likely N-dealkylation sites (N-methyl/N-ethyl adjacent to an activating group) is 1. The van der Waals surface area contributed by atoms with E-state index < -0.39 is 0 Å². The fourth-order valence-electron chi connectivity index (χ4n) is 2.41. The Hall–Kier alpha value is -1.58. The highest BCUT2D eigenvalue weighted by molar-refractivity contribution is 6.30. The minimum atomic E-state index is -0.324. The maximum Gasteiger partial charge on any atom is 0.130 e. The lowest BCUT2D eigenvalue weighted by molar-refractivity contribution is 0.573. The van der Waals surface area contributed by atoms with Crippen molar-refractivity contribution < 1.29 is 4.39 Å². The van der Waals surface area contributed by atoms with Crippen molar-refractivity contribution in [3.8, 4) is 0 Å². The van der Waals surface area contributed by atoms with E-state index in [-0.39, 0.29) is 11.9 Å². The summed E-state index contributed by atoms with van der Waals surface area (Å²) in [6.07, 6.45) is 0.996. The fraction of sp³-hybridized carbons (Fsp3) is 0.294. The first-order valence-corrected chi connectivity index (χ1v) is 7.41. The van der Waals surface area contributed by atoms with Crippen molar-refractivity contribution in [1.82, 2.24) is 0 Å². The zero-order valence-electron chi connectivity index (χ0n) is 12.3. The second kappa shape index (κ2) is 6.92. The van der Waals surface area contributed by atoms with Crippen LogP contribution in [0.25, 0.3) is 0 Å². The van der Waals surface area contributed by atoms with Gasteiger partial charge in [-0.2, -0.15) is 0 Å². The molecule has 0 amide bonds. The number of nitrogens with two attached hydrogens (primary N) is 1. The second-order valence-corrected chi connectivity index (χ2v) is 5.48. The lowest BCUT2D eigenvalue weighted by Gasteiger charge is -2.30. The molecular formula is C17H20ClFN2. The van der Waals surface area contributed by atoms with E-state index in [1.165, 1.54) is 11.6 Å². The molecule has 0 saturated heterocycles. The van der Waals surface area contributed by atoms with E-state index >= 15 is 0 Å². The number of nitrogens with zero attached hydrogens (tertiary/aromatic N) is 1. The highest BCUT2D eigenvalue weighted by atomic mass is 35.5. The third-order valence-electron chi connectivity index (χ3n) is 3.76. The number of anilines is 1. The average molecular weight is 307 g/mol. The van der Waals surface area contributed by atoms with Gasteiger partial charge in [0, 0.05) is 29.9 Å². The van der Waals surface area contributed by atoms with E-state index in [0.717, 1.165) is 12.1 Å². The Kier molecular flexibility index (Phi) is 5.21.